The zero-order valence-corrected chi connectivity index (χ0v) is 19.5. The molecule has 0 spiro atoms. The Morgan fingerprint density at radius 3 is 2.69 bits per heavy atom. The molecule has 1 fully saturated rings. The maximum Gasteiger partial charge on any atom is 0.254 e. The number of hydrogen-bond donors (Lipinski definition) is 2. The smallest absolute Gasteiger partial charge is 0.254 e. The molecule has 0 aliphatic carbocycles. The van der Waals surface area contributed by atoms with E-state index in [1.807, 2.05) is 36.4 Å². The molecule has 3 rings (SSSR count). The van der Waals surface area contributed by atoms with Crippen LogP contribution in [-0.2, 0) is 9.47 Å². The van der Waals surface area contributed by atoms with E-state index in [0.717, 1.165) is 14.9 Å². The van der Waals surface area contributed by atoms with E-state index in [4.69, 9.17) is 9.47 Å². The van der Waals surface area contributed by atoms with Crippen LogP contribution in [0.2, 0.25) is 0 Å². The van der Waals surface area contributed by atoms with Crippen LogP contribution < -0.4 is 10.6 Å². The Labute approximate surface area is 186 Å². The maximum absolute atomic E-state index is 14.3. The van der Waals surface area contributed by atoms with Crippen molar-refractivity contribution in [2.45, 2.75) is 39.6 Å². The van der Waals surface area contributed by atoms with Gasteiger partial charge in [0.2, 0.25) is 0 Å². The van der Waals surface area contributed by atoms with Crippen LogP contribution >= 0.6 is 33.9 Å². The first-order chi connectivity index (χ1) is 13.6. The number of nitrogens with one attached hydrogen (secondary N) is 2. The van der Waals surface area contributed by atoms with Crippen molar-refractivity contribution in [3.63, 3.8) is 0 Å². The van der Waals surface area contributed by atoms with Crippen LogP contribution in [0.15, 0.2) is 18.2 Å². The Balaban J connectivity index is 1.84. The lowest BCUT2D eigenvalue weighted by Gasteiger charge is -2.17. The Hall–Kier alpha value is -1.56. The largest absolute Gasteiger partial charge is 0.349 e. The molecule has 156 valence electrons. The molecule has 1 aliphatic heterocycles. The summed E-state index contributed by atoms with van der Waals surface area (Å²) in [5.74, 6) is -1.61. The molecule has 6 nitrogen and oxygen atoms in total. The van der Waals surface area contributed by atoms with Gasteiger partial charge in [0.25, 0.3) is 5.91 Å². The fourth-order valence-electron chi connectivity index (χ4n) is 3.08. The van der Waals surface area contributed by atoms with Gasteiger partial charge in [0.1, 0.15) is 16.9 Å². The molecule has 1 aromatic carbocycles. The van der Waals surface area contributed by atoms with Crippen LogP contribution in [0.1, 0.15) is 46.4 Å². The molecule has 1 aromatic heterocycles. The Bertz CT molecular complexity index is 960. The third-order valence-corrected chi connectivity index (χ3v) is 6.41. The normalized spacial score (nSPS) is 17.9. The Kier molecular flexibility index (Phi) is 6.61. The van der Waals surface area contributed by atoms with Gasteiger partial charge in [-0.15, -0.1) is 11.3 Å². The van der Waals surface area contributed by atoms with E-state index >= 15 is 0 Å². The van der Waals surface area contributed by atoms with Gasteiger partial charge in [-0.2, -0.15) is 0 Å². The summed E-state index contributed by atoms with van der Waals surface area (Å²) in [4.78, 5) is 25.4. The summed E-state index contributed by atoms with van der Waals surface area (Å²) in [6, 6.07) is 4.76. The number of benzene rings is 1. The molecule has 0 saturated carbocycles. The highest BCUT2D eigenvalue weighted by atomic mass is 127. The lowest BCUT2D eigenvalue weighted by molar-refractivity contribution is -0.137. The molecule has 0 radical (unpaired) electrons. The zero-order chi connectivity index (χ0) is 21.3. The fraction of sp³-hybridized carbons (Fsp3) is 0.400. The first kappa shape index (κ1) is 22.1. The second-order valence-corrected chi connectivity index (χ2v) is 9.49. The SMILES string of the molecule is CC(=O)c1sc(Nc2ccc(I)cc2F)c(C(=O)NCC2COC(C)(C)O2)c1C. The summed E-state index contributed by atoms with van der Waals surface area (Å²) in [5.41, 5.74) is 1.14. The lowest BCUT2D eigenvalue weighted by Crippen LogP contribution is -2.34. The third kappa shape index (κ3) is 5.14. The summed E-state index contributed by atoms with van der Waals surface area (Å²) in [5, 5.41) is 6.24. The molecule has 9 heteroatoms. The fourth-order valence-corrected chi connectivity index (χ4v) is 4.65. The van der Waals surface area contributed by atoms with Gasteiger partial charge in [0.05, 0.1) is 22.7 Å². The minimum atomic E-state index is -0.676. The van der Waals surface area contributed by atoms with Gasteiger partial charge in [-0.05, 0) is 74.0 Å². The number of Topliss-reactive ketones (excluding diaryl/α,β-unsaturated/α-hetero) is 1. The molecule has 1 atom stereocenters. The van der Waals surface area contributed by atoms with Gasteiger partial charge in [0, 0.05) is 10.1 Å². The summed E-state index contributed by atoms with van der Waals surface area (Å²) in [6.07, 6.45) is -0.259. The van der Waals surface area contributed by atoms with Crippen molar-refractivity contribution in [1.29, 1.82) is 0 Å². The van der Waals surface area contributed by atoms with Crippen LogP contribution in [0.3, 0.4) is 0 Å². The van der Waals surface area contributed by atoms with Crippen molar-refractivity contribution in [2.24, 2.45) is 0 Å². The summed E-state index contributed by atoms with van der Waals surface area (Å²) in [7, 11) is 0. The molecular formula is C20H22FIN2O4S. The minimum absolute atomic E-state index is 0.146. The number of ketones is 1. The van der Waals surface area contributed by atoms with E-state index in [2.05, 4.69) is 10.6 Å². The zero-order valence-electron chi connectivity index (χ0n) is 16.5. The summed E-state index contributed by atoms with van der Waals surface area (Å²) >= 11 is 3.17. The van der Waals surface area contributed by atoms with Crippen molar-refractivity contribution < 1.29 is 23.5 Å². The standard InChI is InChI=1S/C20H22FIN2O4S/c1-10-16(18(26)23-8-13-9-27-20(3,4)28-13)19(29-17(10)11(2)25)24-15-6-5-12(22)7-14(15)21/h5-7,13,24H,8-9H2,1-4H3,(H,23,26). The molecule has 1 aliphatic rings. The maximum atomic E-state index is 14.3. The number of halogens is 2. The van der Waals surface area contributed by atoms with Crippen molar-refractivity contribution in [3.8, 4) is 0 Å². The molecule has 2 aromatic rings. The first-order valence-electron chi connectivity index (χ1n) is 9.04. The number of carbonyl (C=O) groups is 2. The number of amides is 1. The summed E-state index contributed by atoms with van der Waals surface area (Å²) < 4.78 is 26.3. The van der Waals surface area contributed by atoms with E-state index < -0.39 is 11.6 Å². The average Bonchev–Trinajstić information content (AvgIpc) is 3.14. The van der Waals surface area contributed by atoms with E-state index in [0.29, 0.717) is 27.6 Å². The molecule has 1 unspecified atom stereocenters. The van der Waals surface area contributed by atoms with E-state index in [-0.39, 0.29) is 30.0 Å². The van der Waals surface area contributed by atoms with Crippen molar-refractivity contribution in [1.82, 2.24) is 5.32 Å². The molecule has 2 heterocycles. The number of thiophene rings is 1. The second-order valence-electron chi connectivity index (χ2n) is 7.23. The van der Waals surface area contributed by atoms with Crippen molar-refractivity contribution in [2.75, 3.05) is 18.5 Å². The van der Waals surface area contributed by atoms with Crippen LogP contribution in [0.25, 0.3) is 0 Å². The predicted molar refractivity (Wildman–Crippen MR) is 119 cm³/mol. The molecule has 29 heavy (non-hydrogen) atoms. The number of hydrogen-bond acceptors (Lipinski definition) is 6. The third-order valence-electron chi connectivity index (χ3n) is 4.43. The Morgan fingerprint density at radius 1 is 1.38 bits per heavy atom. The van der Waals surface area contributed by atoms with Gasteiger partial charge >= 0.3 is 0 Å². The topological polar surface area (TPSA) is 76.7 Å². The second kappa shape index (κ2) is 8.66. The van der Waals surface area contributed by atoms with Crippen LogP contribution in [0.4, 0.5) is 15.1 Å². The highest BCUT2D eigenvalue weighted by molar-refractivity contribution is 14.1. The van der Waals surface area contributed by atoms with E-state index in [9.17, 15) is 14.0 Å². The first-order valence-corrected chi connectivity index (χ1v) is 10.9. The summed E-state index contributed by atoms with van der Waals surface area (Å²) in [6.45, 7) is 7.44. The van der Waals surface area contributed by atoms with Crippen molar-refractivity contribution >= 4 is 56.3 Å². The van der Waals surface area contributed by atoms with Crippen LogP contribution in [0, 0.1) is 16.3 Å². The number of carbonyl (C=O) groups excluding carboxylic acids is 2. The lowest BCUT2D eigenvalue weighted by atomic mass is 10.1. The molecule has 1 amide bonds. The average molecular weight is 532 g/mol. The molecule has 1 saturated heterocycles. The van der Waals surface area contributed by atoms with Crippen molar-refractivity contribution in [3.05, 3.63) is 43.6 Å². The monoisotopic (exact) mass is 532 g/mol. The van der Waals surface area contributed by atoms with Gasteiger partial charge in [-0.3, -0.25) is 9.59 Å². The number of ether oxygens (including phenoxy) is 2. The molecule has 2 N–H and O–H groups in total. The highest BCUT2D eigenvalue weighted by Crippen LogP contribution is 2.36. The molecule has 0 bridgehead atoms. The van der Waals surface area contributed by atoms with E-state index in [1.165, 1.54) is 13.0 Å². The minimum Gasteiger partial charge on any atom is -0.349 e. The van der Waals surface area contributed by atoms with Crippen LogP contribution in [0.5, 0.6) is 0 Å². The van der Waals surface area contributed by atoms with Gasteiger partial charge in [0.15, 0.2) is 11.6 Å². The molecular weight excluding hydrogens is 510 g/mol. The van der Waals surface area contributed by atoms with Gasteiger partial charge in [-0.25, -0.2) is 4.39 Å². The quantitative estimate of drug-likeness (QED) is 0.420. The number of anilines is 2. The van der Waals surface area contributed by atoms with Gasteiger partial charge in [-0.1, -0.05) is 0 Å². The predicted octanol–water partition coefficient (Wildman–Crippen LogP) is 4.63. The highest BCUT2D eigenvalue weighted by Gasteiger charge is 2.33. The van der Waals surface area contributed by atoms with Gasteiger partial charge < -0.3 is 20.1 Å². The Morgan fingerprint density at radius 2 is 2.10 bits per heavy atom. The van der Waals surface area contributed by atoms with E-state index in [1.54, 1.807) is 19.1 Å². The number of rotatable bonds is 6. The van der Waals surface area contributed by atoms with Crippen LogP contribution in [-0.4, -0.2) is 36.7 Å².